The van der Waals surface area contributed by atoms with Gasteiger partial charge in [0.1, 0.15) is 0 Å². The first-order valence-corrected chi connectivity index (χ1v) is 14.6. The van der Waals surface area contributed by atoms with Gasteiger partial charge < -0.3 is 19.1 Å². The molecule has 0 spiro atoms. The molecule has 0 N–H and O–H groups in total. The number of aromatic nitrogens is 4. The average molecular weight is 559 g/mol. The van der Waals surface area contributed by atoms with E-state index in [1.807, 2.05) is 58.4 Å². The average Bonchev–Trinajstić information content (AvgIpc) is 3.55. The van der Waals surface area contributed by atoms with Gasteiger partial charge in [0.15, 0.2) is 0 Å². The van der Waals surface area contributed by atoms with Crippen molar-refractivity contribution in [2.24, 2.45) is 0 Å². The van der Waals surface area contributed by atoms with Crippen molar-refractivity contribution < 1.29 is 14.2 Å². The van der Waals surface area contributed by atoms with Gasteiger partial charge in [0, 0.05) is 62.4 Å². The second kappa shape index (κ2) is 10.7. The van der Waals surface area contributed by atoms with E-state index in [1.165, 1.54) is 5.56 Å². The Morgan fingerprint density at radius 1 is 0.878 bits per heavy atom. The van der Waals surface area contributed by atoms with E-state index in [1.54, 1.807) is 12.1 Å². The van der Waals surface area contributed by atoms with Gasteiger partial charge in [-0.1, -0.05) is 12.1 Å². The Morgan fingerprint density at radius 2 is 1.46 bits per heavy atom. The highest BCUT2D eigenvalue weighted by atomic mass is 16.7. The molecule has 0 unspecified atom stereocenters. The van der Waals surface area contributed by atoms with E-state index in [0.717, 1.165) is 69.0 Å². The summed E-state index contributed by atoms with van der Waals surface area (Å²) in [6.07, 6.45) is 11.8. The zero-order chi connectivity index (χ0) is 28.8. The molecule has 3 saturated heterocycles. The maximum Gasteiger partial charge on any atom is 0.498 e. The molecule has 2 aromatic heterocycles. The third-order valence-corrected chi connectivity index (χ3v) is 9.33. The quantitative estimate of drug-likeness (QED) is 0.250. The third kappa shape index (κ3) is 5.55. The number of nitrogens with zero attached hydrogens (tertiary/aromatic N) is 7. The molecule has 0 radical (unpaired) electrons. The molecule has 12 heteroatoms. The number of hydrogen-bond acceptors (Lipinski definition) is 9. The molecule has 216 valence electrons. The van der Waals surface area contributed by atoms with Crippen LogP contribution < -0.4 is 15.3 Å². The summed E-state index contributed by atoms with van der Waals surface area (Å²) in [4.78, 5) is 24.5. The number of benzene rings is 1. The fraction of sp³-hybridized carbons (Fsp3) is 0.552. The van der Waals surface area contributed by atoms with Crippen molar-refractivity contribution in [3.05, 3.63) is 64.7 Å². The second-order valence-corrected chi connectivity index (χ2v) is 12.4. The van der Waals surface area contributed by atoms with Crippen LogP contribution >= 0.6 is 0 Å². The van der Waals surface area contributed by atoms with Crippen molar-refractivity contribution in [2.75, 3.05) is 36.0 Å². The molecular weight excluding hydrogens is 521 g/mol. The molecule has 0 amide bonds. The van der Waals surface area contributed by atoms with Crippen LogP contribution in [0.3, 0.4) is 0 Å². The number of anilines is 2. The summed E-state index contributed by atoms with van der Waals surface area (Å²) < 4.78 is 14.4. The summed E-state index contributed by atoms with van der Waals surface area (Å²) in [6, 6.07) is 7.38. The lowest BCUT2D eigenvalue weighted by molar-refractivity contribution is -0.384. The molecule has 3 aromatic rings. The van der Waals surface area contributed by atoms with Crippen molar-refractivity contribution in [1.29, 1.82) is 0 Å². The monoisotopic (exact) mass is 559 g/mol. The van der Waals surface area contributed by atoms with E-state index in [4.69, 9.17) is 14.4 Å². The predicted octanol–water partition coefficient (Wildman–Crippen LogP) is 4.11. The first-order valence-electron chi connectivity index (χ1n) is 14.6. The molecular formula is C29H38BN7O4. The summed E-state index contributed by atoms with van der Waals surface area (Å²) >= 11 is 0. The minimum absolute atomic E-state index is 0.146. The number of non-ortho nitro benzene ring substituents is 1. The molecule has 11 nitrogen and oxygen atoms in total. The van der Waals surface area contributed by atoms with Crippen molar-refractivity contribution in [1.82, 2.24) is 19.7 Å². The van der Waals surface area contributed by atoms with Gasteiger partial charge in [0.25, 0.3) is 5.69 Å². The molecule has 3 aliphatic heterocycles. The second-order valence-electron chi connectivity index (χ2n) is 12.4. The van der Waals surface area contributed by atoms with Gasteiger partial charge in [-0.15, -0.1) is 0 Å². The van der Waals surface area contributed by atoms with E-state index >= 15 is 0 Å². The lowest BCUT2D eigenvalue weighted by atomic mass is 9.81. The minimum Gasteiger partial charge on any atom is -0.399 e. The number of nitro groups is 1. The van der Waals surface area contributed by atoms with Gasteiger partial charge in [-0.3, -0.25) is 14.8 Å². The normalized spacial score (nSPS) is 21.4. The van der Waals surface area contributed by atoms with Crippen LogP contribution in [0, 0.1) is 10.1 Å². The van der Waals surface area contributed by atoms with Crippen molar-refractivity contribution in [3.63, 3.8) is 0 Å². The minimum atomic E-state index is -0.457. The zero-order valence-corrected chi connectivity index (χ0v) is 24.3. The molecule has 6 rings (SSSR count). The molecule has 1 aromatic carbocycles. The van der Waals surface area contributed by atoms with Crippen LogP contribution in [0.2, 0.25) is 0 Å². The maximum atomic E-state index is 10.9. The Balaban J connectivity index is 1.000. The first-order chi connectivity index (χ1) is 19.6. The summed E-state index contributed by atoms with van der Waals surface area (Å²) in [6.45, 7) is 11.8. The van der Waals surface area contributed by atoms with E-state index in [9.17, 15) is 10.1 Å². The van der Waals surface area contributed by atoms with Crippen LogP contribution in [-0.4, -0.2) is 69.2 Å². The highest BCUT2D eigenvalue weighted by Gasteiger charge is 2.52. The Bertz CT molecular complexity index is 1350. The summed E-state index contributed by atoms with van der Waals surface area (Å²) in [5.74, 6) is 1.17. The standard InChI is InChI=1S/C29H38BN7O4/c1-28(2)29(3,4)41-30(40-28)23-17-31-27(32-18-23)35-15-11-24(12-16-35)36-20-26(19-33-36)34-13-9-22(10-14-34)21-5-7-25(8-6-21)37(38)39/h5-8,17-20,22,24H,9-16H2,1-4H3. The lowest BCUT2D eigenvalue weighted by Gasteiger charge is -2.33. The maximum absolute atomic E-state index is 10.9. The zero-order valence-electron chi connectivity index (χ0n) is 24.3. The van der Waals surface area contributed by atoms with Crippen molar-refractivity contribution in [3.8, 4) is 0 Å². The first kappa shape index (κ1) is 27.7. The number of rotatable bonds is 6. The van der Waals surface area contributed by atoms with E-state index < -0.39 is 18.3 Å². The predicted molar refractivity (Wildman–Crippen MR) is 158 cm³/mol. The molecule has 0 aliphatic carbocycles. The van der Waals surface area contributed by atoms with Gasteiger partial charge in [0.05, 0.1) is 34.1 Å². The van der Waals surface area contributed by atoms with E-state index in [-0.39, 0.29) is 10.6 Å². The number of hydrogen-bond donors (Lipinski definition) is 0. The van der Waals surface area contributed by atoms with Gasteiger partial charge in [0.2, 0.25) is 5.95 Å². The summed E-state index contributed by atoms with van der Waals surface area (Å²) in [5.41, 5.74) is 2.55. The molecule has 0 bridgehead atoms. The largest absolute Gasteiger partial charge is 0.498 e. The van der Waals surface area contributed by atoms with Gasteiger partial charge in [-0.2, -0.15) is 5.10 Å². The fourth-order valence-electron chi connectivity index (χ4n) is 5.96. The van der Waals surface area contributed by atoms with Gasteiger partial charge in [-0.05, 0) is 64.9 Å². The molecule has 41 heavy (non-hydrogen) atoms. The highest BCUT2D eigenvalue weighted by Crippen LogP contribution is 2.36. The Labute approximate surface area is 241 Å². The number of piperidine rings is 2. The van der Waals surface area contributed by atoms with Crippen LogP contribution in [0.1, 0.15) is 70.9 Å². The Kier molecular flexibility index (Phi) is 7.23. The van der Waals surface area contributed by atoms with Crippen molar-refractivity contribution in [2.45, 2.75) is 76.5 Å². The summed E-state index contributed by atoms with van der Waals surface area (Å²) in [7, 11) is -0.457. The Morgan fingerprint density at radius 3 is 2.05 bits per heavy atom. The smallest absolute Gasteiger partial charge is 0.399 e. The van der Waals surface area contributed by atoms with Gasteiger partial charge in [-0.25, -0.2) is 9.97 Å². The molecule has 0 saturated carbocycles. The van der Waals surface area contributed by atoms with Crippen molar-refractivity contribution >= 4 is 29.9 Å². The van der Waals surface area contributed by atoms with Crippen LogP contribution in [-0.2, 0) is 9.31 Å². The lowest BCUT2D eigenvalue weighted by Crippen LogP contribution is -2.41. The topological polar surface area (TPSA) is 112 Å². The molecule has 3 fully saturated rings. The highest BCUT2D eigenvalue weighted by molar-refractivity contribution is 6.61. The molecule has 5 heterocycles. The van der Waals surface area contributed by atoms with Crippen LogP contribution in [0.15, 0.2) is 49.1 Å². The van der Waals surface area contributed by atoms with Crippen LogP contribution in [0.5, 0.6) is 0 Å². The van der Waals surface area contributed by atoms with E-state index in [2.05, 4.69) is 30.6 Å². The van der Waals surface area contributed by atoms with Crippen LogP contribution in [0.4, 0.5) is 17.3 Å². The van der Waals surface area contributed by atoms with Crippen LogP contribution in [0.25, 0.3) is 0 Å². The molecule has 0 atom stereocenters. The summed E-state index contributed by atoms with van der Waals surface area (Å²) in [5, 5.41) is 15.7. The number of nitro benzene ring substituents is 1. The fourth-order valence-corrected chi connectivity index (χ4v) is 5.96. The Hall–Kier alpha value is -3.51. The van der Waals surface area contributed by atoms with E-state index in [0.29, 0.717) is 12.0 Å². The third-order valence-electron chi connectivity index (χ3n) is 9.33. The molecule has 3 aliphatic rings. The van der Waals surface area contributed by atoms with Gasteiger partial charge >= 0.3 is 7.12 Å². The SMILES string of the molecule is CC1(C)OB(c2cnc(N3CCC(n4cc(N5CCC(c6ccc([N+](=O)[O-])cc6)CC5)cn4)CC3)nc2)OC1(C)C.